The molecule has 1 aromatic rings. The molecule has 2 rings (SSSR count). The third-order valence-corrected chi connectivity index (χ3v) is 2.74. The van der Waals surface area contributed by atoms with E-state index in [1.807, 2.05) is 6.92 Å². The maximum atomic E-state index is 5.76. The molecule has 0 radical (unpaired) electrons. The molecular formula is C10H16N4O. The van der Waals surface area contributed by atoms with Crippen molar-refractivity contribution in [3.05, 3.63) is 11.9 Å². The van der Waals surface area contributed by atoms with Gasteiger partial charge in [0, 0.05) is 12.1 Å². The van der Waals surface area contributed by atoms with Gasteiger partial charge in [0.2, 0.25) is 0 Å². The fourth-order valence-electron chi connectivity index (χ4n) is 1.79. The molecule has 0 aliphatic carbocycles. The van der Waals surface area contributed by atoms with Crippen LogP contribution >= 0.6 is 0 Å². The Balaban J connectivity index is 2.31. The molecule has 15 heavy (non-hydrogen) atoms. The highest BCUT2D eigenvalue weighted by atomic mass is 16.5. The summed E-state index contributed by atoms with van der Waals surface area (Å²) in [5.41, 5.74) is 6.71. The van der Waals surface area contributed by atoms with Gasteiger partial charge in [0.1, 0.15) is 18.0 Å². The van der Waals surface area contributed by atoms with Crippen LogP contribution in [-0.4, -0.2) is 35.8 Å². The molecule has 0 amide bonds. The summed E-state index contributed by atoms with van der Waals surface area (Å²) >= 11 is 0. The van der Waals surface area contributed by atoms with Crippen LogP contribution in [0.4, 0.5) is 11.6 Å². The summed E-state index contributed by atoms with van der Waals surface area (Å²) in [7, 11) is 0. The standard InChI is InChI=1S/C10H16N4O/c1-7-5-15-4-3-14(7)10-8(2)9(11)12-6-13-10/h6-7H,3-5H2,1-2H3,(H2,11,12,13). The molecule has 1 saturated heterocycles. The summed E-state index contributed by atoms with van der Waals surface area (Å²) in [5.74, 6) is 1.48. The molecule has 1 aromatic heterocycles. The lowest BCUT2D eigenvalue weighted by atomic mass is 10.2. The zero-order valence-electron chi connectivity index (χ0n) is 9.10. The first kappa shape index (κ1) is 10.2. The second kappa shape index (κ2) is 4.02. The topological polar surface area (TPSA) is 64.3 Å². The van der Waals surface area contributed by atoms with Crippen LogP contribution in [0.2, 0.25) is 0 Å². The van der Waals surface area contributed by atoms with Gasteiger partial charge in [-0.2, -0.15) is 0 Å². The Hall–Kier alpha value is -1.36. The van der Waals surface area contributed by atoms with Crippen LogP contribution < -0.4 is 10.6 Å². The summed E-state index contributed by atoms with van der Waals surface area (Å²) in [4.78, 5) is 10.5. The summed E-state index contributed by atoms with van der Waals surface area (Å²) in [6.07, 6.45) is 1.51. The zero-order valence-corrected chi connectivity index (χ0v) is 9.10. The van der Waals surface area contributed by atoms with Gasteiger partial charge in [0.15, 0.2) is 0 Å². The van der Waals surface area contributed by atoms with Crippen molar-refractivity contribution >= 4 is 11.6 Å². The van der Waals surface area contributed by atoms with E-state index in [4.69, 9.17) is 10.5 Å². The van der Waals surface area contributed by atoms with Gasteiger partial charge in [-0.1, -0.05) is 0 Å². The minimum absolute atomic E-state index is 0.340. The Bertz CT molecular complexity index is 355. The van der Waals surface area contributed by atoms with Crippen LogP contribution in [0.5, 0.6) is 0 Å². The predicted octanol–water partition coefficient (Wildman–Crippen LogP) is 0.592. The summed E-state index contributed by atoms with van der Waals surface area (Å²) in [5, 5.41) is 0. The van der Waals surface area contributed by atoms with Gasteiger partial charge < -0.3 is 15.4 Å². The van der Waals surface area contributed by atoms with Crippen LogP contribution in [0.3, 0.4) is 0 Å². The van der Waals surface area contributed by atoms with Crippen molar-refractivity contribution in [3.8, 4) is 0 Å². The van der Waals surface area contributed by atoms with Crippen molar-refractivity contribution in [2.75, 3.05) is 30.4 Å². The zero-order chi connectivity index (χ0) is 10.8. The van der Waals surface area contributed by atoms with E-state index in [0.717, 1.165) is 31.1 Å². The van der Waals surface area contributed by atoms with Crippen molar-refractivity contribution in [2.45, 2.75) is 19.9 Å². The maximum absolute atomic E-state index is 5.76. The lowest BCUT2D eigenvalue weighted by Crippen LogP contribution is -2.44. The molecule has 5 heteroatoms. The Morgan fingerprint density at radius 2 is 2.33 bits per heavy atom. The molecule has 5 nitrogen and oxygen atoms in total. The van der Waals surface area contributed by atoms with Crippen molar-refractivity contribution in [2.24, 2.45) is 0 Å². The van der Waals surface area contributed by atoms with Gasteiger partial charge in [0.05, 0.1) is 19.3 Å². The number of morpholine rings is 1. The average Bonchev–Trinajstić information content (AvgIpc) is 2.23. The Morgan fingerprint density at radius 1 is 1.53 bits per heavy atom. The first-order chi connectivity index (χ1) is 7.20. The molecule has 0 aromatic carbocycles. The van der Waals surface area contributed by atoms with Crippen LogP contribution in [0.25, 0.3) is 0 Å². The van der Waals surface area contributed by atoms with Crippen LogP contribution in [0.1, 0.15) is 12.5 Å². The van der Waals surface area contributed by atoms with Gasteiger partial charge in [-0.05, 0) is 13.8 Å². The van der Waals surface area contributed by atoms with Crippen LogP contribution in [0.15, 0.2) is 6.33 Å². The number of nitrogens with two attached hydrogens (primary N) is 1. The van der Waals surface area contributed by atoms with Crippen molar-refractivity contribution in [1.29, 1.82) is 0 Å². The van der Waals surface area contributed by atoms with Crippen LogP contribution in [-0.2, 0) is 4.74 Å². The van der Waals surface area contributed by atoms with E-state index in [1.54, 1.807) is 0 Å². The van der Waals surface area contributed by atoms with Gasteiger partial charge >= 0.3 is 0 Å². The molecule has 1 aliphatic rings. The molecule has 0 saturated carbocycles. The minimum atomic E-state index is 0.340. The van der Waals surface area contributed by atoms with Gasteiger partial charge in [-0.15, -0.1) is 0 Å². The molecule has 82 valence electrons. The van der Waals surface area contributed by atoms with E-state index in [2.05, 4.69) is 21.8 Å². The highest BCUT2D eigenvalue weighted by Gasteiger charge is 2.22. The van der Waals surface area contributed by atoms with E-state index in [1.165, 1.54) is 6.33 Å². The lowest BCUT2D eigenvalue weighted by molar-refractivity contribution is 0.0984. The van der Waals surface area contributed by atoms with Crippen molar-refractivity contribution in [3.63, 3.8) is 0 Å². The molecule has 1 atom stereocenters. The molecule has 0 bridgehead atoms. The Kier molecular flexibility index (Phi) is 2.73. The summed E-state index contributed by atoms with van der Waals surface area (Å²) < 4.78 is 5.39. The number of rotatable bonds is 1. The highest BCUT2D eigenvalue weighted by molar-refractivity contribution is 5.56. The lowest BCUT2D eigenvalue weighted by Gasteiger charge is -2.35. The first-order valence-electron chi connectivity index (χ1n) is 5.11. The quantitative estimate of drug-likeness (QED) is 0.732. The molecule has 1 fully saturated rings. The molecule has 1 aliphatic heterocycles. The fraction of sp³-hybridized carbons (Fsp3) is 0.600. The highest BCUT2D eigenvalue weighted by Crippen LogP contribution is 2.23. The number of hydrogen-bond donors (Lipinski definition) is 1. The number of anilines is 2. The Labute approximate surface area is 89.3 Å². The largest absolute Gasteiger partial charge is 0.383 e. The molecule has 1 unspecified atom stereocenters. The van der Waals surface area contributed by atoms with E-state index in [0.29, 0.717) is 11.9 Å². The minimum Gasteiger partial charge on any atom is -0.383 e. The van der Waals surface area contributed by atoms with Crippen LogP contribution in [0, 0.1) is 6.92 Å². The maximum Gasteiger partial charge on any atom is 0.137 e. The second-order valence-electron chi connectivity index (χ2n) is 3.82. The van der Waals surface area contributed by atoms with Gasteiger partial charge in [-0.25, -0.2) is 9.97 Å². The normalized spacial score (nSPS) is 21.7. The molecular weight excluding hydrogens is 192 g/mol. The summed E-state index contributed by atoms with van der Waals surface area (Å²) in [6.45, 7) is 6.42. The van der Waals surface area contributed by atoms with E-state index < -0.39 is 0 Å². The molecule has 2 heterocycles. The van der Waals surface area contributed by atoms with Crippen molar-refractivity contribution in [1.82, 2.24) is 9.97 Å². The third kappa shape index (κ3) is 1.87. The first-order valence-corrected chi connectivity index (χ1v) is 5.11. The number of nitrogen functional groups attached to an aromatic ring is 1. The second-order valence-corrected chi connectivity index (χ2v) is 3.82. The average molecular weight is 208 g/mol. The monoisotopic (exact) mass is 208 g/mol. The summed E-state index contributed by atoms with van der Waals surface area (Å²) in [6, 6.07) is 0.340. The van der Waals surface area contributed by atoms with Gasteiger partial charge in [-0.3, -0.25) is 0 Å². The van der Waals surface area contributed by atoms with Gasteiger partial charge in [0.25, 0.3) is 0 Å². The number of nitrogens with zero attached hydrogens (tertiary/aromatic N) is 3. The van der Waals surface area contributed by atoms with Crippen molar-refractivity contribution < 1.29 is 4.74 Å². The van der Waals surface area contributed by atoms with E-state index in [9.17, 15) is 0 Å². The number of ether oxygens (including phenoxy) is 1. The molecule has 0 spiro atoms. The third-order valence-electron chi connectivity index (χ3n) is 2.74. The fourth-order valence-corrected chi connectivity index (χ4v) is 1.79. The number of aromatic nitrogens is 2. The number of hydrogen-bond acceptors (Lipinski definition) is 5. The predicted molar refractivity (Wildman–Crippen MR) is 58.8 cm³/mol. The molecule has 2 N–H and O–H groups in total. The smallest absolute Gasteiger partial charge is 0.137 e. The van der Waals surface area contributed by atoms with E-state index in [-0.39, 0.29) is 0 Å². The Morgan fingerprint density at radius 3 is 3.07 bits per heavy atom. The SMILES string of the molecule is Cc1c(N)ncnc1N1CCOCC1C. The van der Waals surface area contributed by atoms with E-state index >= 15 is 0 Å².